The van der Waals surface area contributed by atoms with Crippen LogP contribution in [-0.4, -0.2) is 48.1 Å². The molecule has 3 aromatic rings. The Labute approximate surface area is 170 Å². The first-order chi connectivity index (χ1) is 14.0. The van der Waals surface area contributed by atoms with Gasteiger partial charge in [0.05, 0.1) is 12.6 Å². The van der Waals surface area contributed by atoms with Gasteiger partial charge in [0.25, 0.3) is 5.91 Å². The fraction of sp³-hybridized carbons (Fsp3) is 0.304. The summed E-state index contributed by atoms with van der Waals surface area (Å²) in [6, 6.07) is 15.5. The highest BCUT2D eigenvalue weighted by Gasteiger charge is 2.40. The number of nitrogens with zero attached hydrogens (tertiary/aromatic N) is 2. The van der Waals surface area contributed by atoms with Crippen LogP contribution >= 0.6 is 0 Å². The zero-order valence-corrected chi connectivity index (χ0v) is 16.9. The Morgan fingerprint density at radius 3 is 2.66 bits per heavy atom. The summed E-state index contributed by atoms with van der Waals surface area (Å²) in [5.41, 5.74) is 4.88. The number of carbonyl (C=O) groups excluding carboxylic acids is 2. The molecule has 0 bridgehead atoms. The molecule has 0 spiro atoms. The number of hydrogen-bond acceptors (Lipinski definition) is 3. The summed E-state index contributed by atoms with van der Waals surface area (Å²) in [6.07, 6.45) is 0. The molecular formula is C23H25N3O3. The topological polar surface area (TPSA) is 63.6 Å². The summed E-state index contributed by atoms with van der Waals surface area (Å²) in [5.74, 6) is -0.300. The minimum atomic E-state index is -0.294. The first-order valence-corrected chi connectivity index (χ1v) is 9.74. The van der Waals surface area contributed by atoms with E-state index >= 15 is 0 Å². The van der Waals surface area contributed by atoms with E-state index in [-0.39, 0.29) is 24.4 Å². The van der Waals surface area contributed by atoms with Crippen LogP contribution in [-0.2, 0) is 16.6 Å². The van der Waals surface area contributed by atoms with Crippen molar-refractivity contribution < 1.29 is 14.3 Å². The van der Waals surface area contributed by atoms with Gasteiger partial charge in [-0.05, 0) is 24.6 Å². The third kappa shape index (κ3) is 3.19. The number of amides is 2. The molecule has 2 aromatic carbocycles. The van der Waals surface area contributed by atoms with Gasteiger partial charge in [0.1, 0.15) is 6.54 Å². The van der Waals surface area contributed by atoms with Gasteiger partial charge in [-0.25, -0.2) is 0 Å². The van der Waals surface area contributed by atoms with Gasteiger partial charge in [0, 0.05) is 48.4 Å². The molecule has 150 valence electrons. The highest BCUT2D eigenvalue weighted by atomic mass is 16.5. The Morgan fingerprint density at radius 2 is 1.86 bits per heavy atom. The number of para-hydroxylation sites is 1. The second kappa shape index (κ2) is 7.72. The average Bonchev–Trinajstić information content (AvgIpc) is 3.14. The summed E-state index contributed by atoms with van der Waals surface area (Å²) in [6.45, 7) is 2.93. The van der Waals surface area contributed by atoms with Crippen LogP contribution in [0.5, 0.6) is 0 Å². The molecule has 6 heteroatoms. The van der Waals surface area contributed by atoms with E-state index in [1.165, 1.54) is 0 Å². The minimum Gasteiger partial charge on any atom is -0.383 e. The van der Waals surface area contributed by atoms with E-state index in [1.54, 1.807) is 12.0 Å². The Balaban J connectivity index is 1.80. The van der Waals surface area contributed by atoms with Crippen molar-refractivity contribution in [2.24, 2.45) is 7.05 Å². The largest absolute Gasteiger partial charge is 0.383 e. The van der Waals surface area contributed by atoms with Gasteiger partial charge >= 0.3 is 0 Å². The molecule has 29 heavy (non-hydrogen) atoms. The maximum Gasteiger partial charge on any atom is 0.255 e. The monoisotopic (exact) mass is 391 g/mol. The molecule has 0 aliphatic carbocycles. The van der Waals surface area contributed by atoms with E-state index in [4.69, 9.17) is 4.74 Å². The normalized spacial score (nSPS) is 15.8. The van der Waals surface area contributed by atoms with Crippen LogP contribution in [0.25, 0.3) is 10.9 Å². The Kier molecular flexibility index (Phi) is 5.11. The van der Waals surface area contributed by atoms with Crippen molar-refractivity contribution in [2.45, 2.75) is 13.0 Å². The molecule has 0 saturated heterocycles. The zero-order valence-electron chi connectivity index (χ0n) is 16.9. The lowest BCUT2D eigenvalue weighted by molar-refractivity contribution is -0.122. The second-order valence-electron chi connectivity index (χ2n) is 7.34. The summed E-state index contributed by atoms with van der Waals surface area (Å²) in [5, 5.41) is 3.93. The van der Waals surface area contributed by atoms with E-state index in [2.05, 4.69) is 28.9 Å². The molecular weight excluding hydrogens is 366 g/mol. The number of carbonyl (C=O) groups is 2. The van der Waals surface area contributed by atoms with Gasteiger partial charge in [0.15, 0.2) is 0 Å². The molecule has 4 rings (SSSR count). The number of nitrogens with one attached hydrogen (secondary N) is 1. The van der Waals surface area contributed by atoms with Crippen LogP contribution in [0.15, 0.2) is 48.5 Å². The van der Waals surface area contributed by atoms with Gasteiger partial charge in [-0.15, -0.1) is 0 Å². The minimum absolute atomic E-state index is 0.00452. The van der Waals surface area contributed by atoms with E-state index in [1.807, 2.05) is 43.4 Å². The number of benzene rings is 2. The summed E-state index contributed by atoms with van der Waals surface area (Å²) < 4.78 is 7.14. The molecule has 6 nitrogen and oxygen atoms in total. The van der Waals surface area contributed by atoms with Crippen molar-refractivity contribution in [1.82, 2.24) is 14.8 Å². The number of aromatic nitrogens is 1. The fourth-order valence-electron chi connectivity index (χ4n) is 4.24. The first-order valence-electron chi connectivity index (χ1n) is 9.74. The molecule has 1 aliphatic heterocycles. The van der Waals surface area contributed by atoms with Gasteiger partial charge in [-0.3, -0.25) is 9.59 Å². The van der Waals surface area contributed by atoms with E-state index < -0.39 is 0 Å². The predicted octanol–water partition coefficient (Wildman–Crippen LogP) is 2.79. The average molecular weight is 391 g/mol. The van der Waals surface area contributed by atoms with Crippen LogP contribution in [0.4, 0.5) is 0 Å². The number of methoxy groups -OCH3 is 1. The Morgan fingerprint density at radius 1 is 1.14 bits per heavy atom. The predicted molar refractivity (Wildman–Crippen MR) is 112 cm³/mol. The number of aryl methyl sites for hydroxylation is 1. The van der Waals surface area contributed by atoms with E-state index in [9.17, 15) is 9.59 Å². The molecule has 1 atom stereocenters. The van der Waals surface area contributed by atoms with Crippen LogP contribution < -0.4 is 5.32 Å². The third-order valence-corrected chi connectivity index (χ3v) is 5.72. The van der Waals surface area contributed by atoms with Crippen LogP contribution in [0.2, 0.25) is 0 Å². The molecule has 0 unspecified atom stereocenters. The van der Waals surface area contributed by atoms with Crippen molar-refractivity contribution >= 4 is 22.7 Å². The zero-order chi connectivity index (χ0) is 20.5. The van der Waals surface area contributed by atoms with E-state index in [0.717, 1.165) is 27.7 Å². The SMILES string of the molecule is COCCNC(=O)CN1C(=O)c2ccccc2[C@H]1c1c(C)n(C)c2ccccc12. The molecule has 2 heterocycles. The Bertz CT molecular complexity index is 1090. The fourth-order valence-corrected chi connectivity index (χ4v) is 4.24. The van der Waals surface area contributed by atoms with Crippen molar-refractivity contribution in [2.75, 3.05) is 26.8 Å². The quantitative estimate of drug-likeness (QED) is 0.657. The molecule has 1 N–H and O–H groups in total. The van der Waals surface area contributed by atoms with Gasteiger partial charge in [-0.2, -0.15) is 0 Å². The van der Waals surface area contributed by atoms with Crippen molar-refractivity contribution in [3.8, 4) is 0 Å². The summed E-state index contributed by atoms with van der Waals surface area (Å²) in [4.78, 5) is 27.4. The highest BCUT2D eigenvalue weighted by Crippen LogP contribution is 2.43. The smallest absolute Gasteiger partial charge is 0.255 e. The summed E-state index contributed by atoms with van der Waals surface area (Å²) in [7, 11) is 3.62. The third-order valence-electron chi connectivity index (χ3n) is 5.72. The standard InChI is InChI=1S/C23H25N3O3/c1-15-21(18-10-6-7-11-19(18)25(15)2)22-16-8-4-5-9-17(16)23(28)26(22)14-20(27)24-12-13-29-3/h4-11,22H,12-14H2,1-3H3,(H,24,27)/t22-/m0/s1. The number of rotatable bonds is 6. The number of fused-ring (bicyclic) bond motifs is 2. The van der Waals surface area contributed by atoms with Crippen molar-refractivity contribution in [3.63, 3.8) is 0 Å². The highest BCUT2D eigenvalue weighted by molar-refractivity contribution is 6.02. The second-order valence-corrected chi connectivity index (χ2v) is 7.34. The molecule has 0 radical (unpaired) electrons. The van der Waals surface area contributed by atoms with E-state index in [0.29, 0.717) is 18.7 Å². The summed E-state index contributed by atoms with van der Waals surface area (Å²) >= 11 is 0. The maximum atomic E-state index is 13.2. The van der Waals surface area contributed by atoms with Crippen molar-refractivity contribution in [3.05, 3.63) is 70.9 Å². The maximum absolute atomic E-state index is 13.2. The first kappa shape index (κ1) is 19.2. The van der Waals surface area contributed by atoms with Gasteiger partial charge in [0.2, 0.25) is 5.91 Å². The lowest BCUT2D eigenvalue weighted by atomic mass is 9.95. The molecule has 0 saturated carbocycles. The van der Waals surface area contributed by atoms with Crippen molar-refractivity contribution in [1.29, 1.82) is 0 Å². The van der Waals surface area contributed by atoms with Crippen LogP contribution in [0.1, 0.15) is 33.2 Å². The van der Waals surface area contributed by atoms with Crippen LogP contribution in [0.3, 0.4) is 0 Å². The lowest BCUT2D eigenvalue weighted by Gasteiger charge is -2.26. The Hall–Kier alpha value is -3.12. The number of hydrogen-bond donors (Lipinski definition) is 1. The van der Waals surface area contributed by atoms with Crippen LogP contribution in [0, 0.1) is 6.92 Å². The molecule has 1 aliphatic rings. The number of ether oxygens (including phenoxy) is 1. The lowest BCUT2D eigenvalue weighted by Crippen LogP contribution is -2.40. The van der Waals surface area contributed by atoms with Gasteiger partial charge in [-0.1, -0.05) is 36.4 Å². The van der Waals surface area contributed by atoms with Gasteiger partial charge < -0.3 is 19.5 Å². The molecule has 2 amide bonds. The molecule has 1 aromatic heterocycles. The molecule has 0 fully saturated rings.